The molecule has 0 radical (unpaired) electrons. The van der Waals surface area contributed by atoms with Crippen LogP contribution in [0.25, 0.3) is 0 Å². The monoisotopic (exact) mass is 365 g/mol. The summed E-state index contributed by atoms with van der Waals surface area (Å²) in [6, 6.07) is 10.8. The van der Waals surface area contributed by atoms with E-state index in [1.165, 1.54) is 16.7 Å². The molecule has 26 heavy (non-hydrogen) atoms. The molecule has 0 amide bonds. The lowest BCUT2D eigenvalue weighted by molar-refractivity contribution is 0.0206. The molecule has 0 saturated carbocycles. The normalized spacial score (nSPS) is 24.8. The largest absolute Gasteiger partial charge is 0.390 e. The zero-order chi connectivity index (χ0) is 17.6. The van der Waals surface area contributed by atoms with Crippen LogP contribution in [0.3, 0.4) is 0 Å². The molecule has 2 atom stereocenters. The molecule has 1 spiro atoms. The topological polar surface area (TPSA) is 41.3 Å². The Morgan fingerprint density at radius 1 is 1.19 bits per heavy atom. The number of hydrogen-bond acceptors (Lipinski definition) is 4. The summed E-state index contributed by atoms with van der Waals surface area (Å²) in [5.41, 5.74) is 3.84. The van der Waals surface area contributed by atoms with E-state index in [1.807, 2.05) is 12.5 Å². The van der Waals surface area contributed by atoms with Gasteiger partial charge in [0.05, 0.1) is 18.5 Å². The maximum Gasteiger partial charge on any atom is 0.0952 e. The molecule has 1 aliphatic heterocycles. The van der Waals surface area contributed by atoms with Crippen LogP contribution >= 0.6 is 11.3 Å². The van der Waals surface area contributed by atoms with Crippen molar-refractivity contribution in [2.45, 2.75) is 36.9 Å². The quantitative estimate of drug-likeness (QED) is 0.773. The maximum absolute atomic E-state index is 11.4. The highest BCUT2D eigenvalue weighted by molar-refractivity contribution is 7.07. The molecule has 3 heterocycles. The van der Waals surface area contributed by atoms with E-state index < -0.39 is 6.10 Å². The van der Waals surface area contributed by atoms with Crippen LogP contribution in [0.4, 0.5) is 0 Å². The van der Waals surface area contributed by atoms with Crippen LogP contribution in [0.1, 0.15) is 35.6 Å². The molecule has 1 N–H and O–H groups in total. The number of piperidine rings is 1. The van der Waals surface area contributed by atoms with Crippen LogP contribution in [0.5, 0.6) is 0 Å². The number of hydrogen-bond donors (Lipinski definition) is 1. The van der Waals surface area contributed by atoms with E-state index in [1.54, 1.807) is 17.5 Å². The van der Waals surface area contributed by atoms with E-state index in [4.69, 9.17) is 0 Å². The molecule has 2 aromatic heterocycles. The van der Waals surface area contributed by atoms with Crippen molar-refractivity contribution in [3.63, 3.8) is 0 Å². The predicted octanol–water partition coefficient (Wildman–Crippen LogP) is 3.44. The van der Waals surface area contributed by atoms with Gasteiger partial charge in [-0.3, -0.25) is 4.90 Å². The van der Waals surface area contributed by atoms with Gasteiger partial charge in [0.25, 0.3) is 0 Å². The third-order valence-electron chi connectivity index (χ3n) is 6.26. The maximum atomic E-state index is 11.4. The number of aromatic nitrogens is 2. The summed E-state index contributed by atoms with van der Waals surface area (Å²) in [7, 11) is 0. The van der Waals surface area contributed by atoms with Crippen LogP contribution in [-0.4, -0.2) is 38.8 Å². The summed E-state index contributed by atoms with van der Waals surface area (Å²) in [6.07, 6.45) is 7.19. The lowest BCUT2D eigenvalue weighted by atomic mass is 9.72. The third kappa shape index (κ3) is 2.46. The highest BCUT2D eigenvalue weighted by Crippen LogP contribution is 2.52. The highest BCUT2D eigenvalue weighted by Gasteiger charge is 2.52. The number of nitrogens with zero attached hydrogens (tertiary/aromatic N) is 3. The minimum Gasteiger partial charge on any atom is -0.390 e. The van der Waals surface area contributed by atoms with Crippen molar-refractivity contribution in [2.24, 2.45) is 0 Å². The molecule has 1 aromatic carbocycles. The van der Waals surface area contributed by atoms with Crippen molar-refractivity contribution < 1.29 is 5.11 Å². The first-order chi connectivity index (χ1) is 12.8. The van der Waals surface area contributed by atoms with E-state index in [0.29, 0.717) is 0 Å². The molecule has 0 unspecified atom stereocenters. The molecule has 5 rings (SSSR count). The molecule has 2 aliphatic rings. The SMILES string of the molecule is O[C@H]1[C@H](n2ccnc2)c2ccccc2C12CCN(Cc1ccsc1)CC2. The van der Waals surface area contributed by atoms with Crippen LogP contribution in [0, 0.1) is 0 Å². The van der Waals surface area contributed by atoms with Gasteiger partial charge >= 0.3 is 0 Å². The second kappa shape index (κ2) is 6.34. The van der Waals surface area contributed by atoms with Crippen molar-refractivity contribution in [3.8, 4) is 0 Å². The van der Waals surface area contributed by atoms with Crippen molar-refractivity contribution in [2.75, 3.05) is 13.1 Å². The Morgan fingerprint density at radius 2 is 2.04 bits per heavy atom. The minimum atomic E-state index is -0.405. The summed E-state index contributed by atoms with van der Waals surface area (Å²) < 4.78 is 2.07. The van der Waals surface area contributed by atoms with E-state index in [9.17, 15) is 5.11 Å². The molecule has 134 valence electrons. The van der Waals surface area contributed by atoms with Gasteiger partial charge in [0.1, 0.15) is 0 Å². The summed E-state index contributed by atoms with van der Waals surface area (Å²) in [6.45, 7) is 3.07. The van der Waals surface area contributed by atoms with Crippen LogP contribution in [0.15, 0.2) is 59.8 Å². The van der Waals surface area contributed by atoms with Gasteiger partial charge in [-0.1, -0.05) is 24.3 Å². The molecule has 0 bridgehead atoms. The van der Waals surface area contributed by atoms with E-state index in [-0.39, 0.29) is 11.5 Å². The Bertz CT molecular complexity index is 867. The molecule has 1 aliphatic carbocycles. The summed E-state index contributed by atoms with van der Waals surface area (Å²) in [4.78, 5) is 6.73. The van der Waals surface area contributed by atoms with Gasteiger partial charge in [0.15, 0.2) is 0 Å². The number of likely N-dealkylation sites (tertiary alicyclic amines) is 1. The van der Waals surface area contributed by atoms with Gasteiger partial charge in [-0.2, -0.15) is 11.3 Å². The highest BCUT2D eigenvalue weighted by atomic mass is 32.1. The van der Waals surface area contributed by atoms with Crippen LogP contribution in [0.2, 0.25) is 0 Å². The average Bonchev–Trinajstić information content (AvgIpc) is 3.40. The Morgan fingerprint density at radius 3 is 2.77 bits per heavy atom. The van der Waals surface area contributed by atoms with Gasteiger partial charge < -0.3 is 9.67 Å². The Labute approximate surface area is 157 Å². The minimum absolute atomic E-state index is 0.0304. The smallest absolute Gasteiger partial charge is 0.0952 e. The standard InChI is InChI=1S/C21H23N3OS/c25-20-19(24-11-8-22-15-24)17-3-1-2-4-18(17)21(20)6-9-23(10-7-21)13-16-5-12-26-14-16/h1-5,8,11-12,14-15,19-20,25H,6-7,9-10,13H2/t19-,20+/m1/s1. The molecule has 1 fully saturated rings. The van der Waals surface area contributed by atoms with E-state index in [2.05, 4.69) is 55.5 Å². The number of benzene rings is 1. The summed E-state index contributed by atoms with van der Waals surface area (Å²) in [5, 5.41) is 15.8. The second-order valence-corrected chi connectivity index (χ2v) is 8.33. The first-order valence-corrected chi connectivity index (χ1v) is 10.2. The lowest BCUT2D eigenvalue weighted by Gasteiger charge is -2.42. The van der Waals surface area contributed by atoms with Crippen molar-refractivity contribution in [3.05, 3.63) is 76.5 Å². The number of aliphatic hydroxyl groups excluding tert-OH is 1. The number of thiophene rings is 1. The summed E-state index contributed by atoms with van der Waals surface area (Å²) >= 11 is 1.76. The number of imidazole rings is 1. The fourth-order valence-electron chi connectivity index (χ4n) is 4.91. The number of aliphatic hydroxyl groups is 1. The summed E-state index contributed by atoms with van der Waals surface area (Å²) in [5.74, 6) is 0. The molecular weight excluding hydrogens is 342 g/mol. The Balaban J connectivity index is 1.44. The lowest BCUT2D eigenvalue weighted by Crippen LogP contribution is -2.48. The van der Waals surface area contributed by atoms with Gasteiger partial charge in [-0.15, -0.1) is 0 Å². The van der Waals surface area contributed by atoms with Gasteiger partial charge in [-0.25, -0.2) is 4.98 Å². The van der Waals surface area contributed by atoms with Crippen molar-refractivity contribution in [1.82, 2.24) is 14.5 Å². The number of rotatable bonds is 3. The predicted molar refractivity (Wildman–Crippen MR) is 103 cm³/mol. The Hall–Kier alpha value is -1.95. The van der Waals surface area contributed by atoms with Gasteiger partial charge in [0.2, 0.25) is 0 Å². The van der Waals surface area contributed by atoms with Crippen molar-refractivity contribution >= 4 is 11.3 Å². The molecular formula is C21H23N3OS. The fraction of sp³-hybridized carbons (Fsp3) is 0.381. The Kier molecular flexibility index (Phi) is 3.96. The zero-order valence-corrected chi connectivity index (χ0v) is 15.5. The van der Waals surface area contributed by atoms with E-state index in [0.717, 1.165) is 32.5 Å². The van der Waals surface area contributed by atoms with E-state index >= 15 is 0 Å². The third-order valence-corrected chi connectivity index (χ3v) is 6.99. The molecule has 3 aromatic rings. The second-order valence-electron chi connectivity index (χ2n) is 7.55. The van der Waals surface area contributed by atoms with Crippen molar-refractivity contribution in [1.29, 1.82) is 0 Å². The first-order valence-electron chi connectivity index (χ1n) is 9.26. The van der Waals surface area contributed by atoms with Gasteiger partial charge in [0, 0.05) is 24.4 Å². The van der Waals surface area contributed by atoms with Gasteiger partial charge in [-0.05, 0) is 59.4 Å². The average molecular weight is 366 g/mol. The van der Waals surface area contributed by atoms with Crippen LogP contribution in [-0.2, 0) is 12.0 Å². The fourth-order valence-corrected chi connectivity index (χ4v) is 5.57. The molecule has 5 heteroatoms. The first kappa shape index (κ1) is 16.2. The number of fused-ring (bicyclic) bond motifs is 2. The molecule has 4 nitrogen and oxygen atoms in total. The zero-order valence-electron chi connectivity index (χ0n) is 14.7. The molecule has 1 saturated heterocycles. The van der Waals surface area contributed by atoms with Crippen LogP contribution < -0.4 is 0 Å².